The highest BCUT2D eigenvalue weighted by Crippen LogP contribution is 2.39. The molecule has 2 N–H and O–H groups in total. The first-order valence-electron chi connectivity index (χ1n) is 12.2. The van der Waals surface area contributed by atoms with Crippen molar-refractivity contribution in [2.75, 3.05) is 13.1 Å². The number of nitrogens with zero attached hydrogens (tertiary/aromatic N) is 3. The number of guanidine groups is 1. The minimum atomic E-state index is -4.67. The van der Waals surface area contributed by atoms with E-state index in [2.05, 4.69) is 18.8 Å². The van der Waals surface area contributed by atoms with E-state index in [-0.39, 0.29) is 18.4 Å². The van der Waals surface area contributed by atoms with Gasteiger partial charge in [0.15, 0.2) is 11.5 Å². The molecule has 2 amide bonds. The molecule has 9 heteroatoms. The fourth-order valence-corrected chi connectivity index (χ4v) is 4.88. The number of halogens is 3. The number of carbonyl (C=O) groups is 2. The van der Waals surface area contributed by atoms with Crippen LogP contribution in [0.5, 0.6) is 0 Å². The maximum absolute atomic E-state index is 13.8. The predicted molar refractivity (Wildman–Crippen MR) is 131 cm³/mol. The van der Waals surface area contributed by atoms with Crippen LogP contribution in [0.25, 0.3) is 0 Å². The van der Waals surface area contributed by atoms with Gasteiger partial charge >= 0.3 is 6.18 Å². The summed E-state index contributed by atoms with van der Waals surface area (Å²) in [5.74, 6) is -0.622. The third-order valence-corrected chi connectivity index (χ3v) is 6.87. The highest BCUT2D eigenvalue weighted by molar-refractivity contribution is 6.07. The molecule has 4 rings (SSSR count). The third-order valence-electron chi connectivity index (χ3n) is 6.87. The monoisotopic (exact) mass is 500 g/mol. The van der Waals surface area contributed by atoms with E-state index >= 15 is 0 Å². The van der Waals surface area contributed by atoms with Crippen LogP contribution in [0, 0.1) is 5.92 Å². The molecule has 0 aromatic heterocycles. The molecule has 2 aliphatic heterocycles. The Balaban J connectivity index is 1.67. The van der Waals surface area contributed by atoms with Crippen molar-refractivity contribution in [1.82, 2.24) is 9.80 Å². The van der Waals surface area contributed by atoms with Gasteiger partial charge in [-0.25, -0.2) is 4.99 Å². The summed E-state index contributed by atoms with van der Waals surface area (Å²) >= 11 is 0. The summed E-state index contributed by atoms with van der Waals surface area (Å²) in [4.78, 5) is 34.1. The average molecular weight is 501 g/mol. The zero-order valence-electron chi connectivity index (χ0n) is 20.5. The van der Waals surface area contributed by atoms with Crippen molar-refractivity contribution in [2.45, 2.75) is 57.8 Å². The van der Waals surface area contributed by atoms with Crippen LogP contribution < -0.4 is 5.73 Å². The molecule has 192 valence electrons. The third kappa shape index (κ3) is 4.96. The average Bonchev–Trinajstić information content (AvgIpc) is 3.46. The predicted octanol–water partition coefficient (Wildman–Crippen LogP) is 4.93. The summed E-state index contributed by atoms with van der Waals surface area (Å²) < 4.78 is 41.2. The SMILES string of the molecule is CC(C)CCC1(c2ccccc2)N=C(N)N(Cc2ccc(C(F)(F)F)c(C(=O)N3CCCC3)c2)C1=O. The lowest BCUT2D eigenvalue weighted by Gasteiger charge is -2.27. The van der Waals surface area contributed by atoms with Crippen molar-refractivity contribution in [3.05, 3.63) is 70.8 Å². The van der Waals surface area contributed by atoms with E-state index in [1.807, 2.05) is 30.3 Å². The first kappa shape index (κ1) is 25.7. The van der Waals surface area contributed by atoms with E-state index in [4.69, 9.17) is 5.73 Å². The van der Waals surface area contributed by atoms with E-state index in [0.29, 0.717) is 31.0 Å². The minimum Gasteiger partial charge on any atom is -0.369 e. The standard InChI is InChI=1S/C27H31F3N4O2/c1-18(2)12-13-26(20-8-4-3-5-9-20)24(36)34(25(31)32-26)17-19-10-11-22(27(28,29)30)21(16-19)23(35)33-14-6-7-15-33/h3-5,8-11,16,18H,6-7,12-15,17H2,1-2H3,(H2,31,32). The topological polar surface area (TPSA) is 79.0 Å². The molecule has 36 heavy (non-hydrogen) atoms. The van der Waals surface area contributed by atoms with Gasteiger partial charge in [-0.1, -0.05) is 50.2 Å². The molecule has 1 unspecified atom stereocenters. The Morgan fingerprint density at radius 2 is 1.78 bits per heavy atom. The number of carbonyl (C=O) groups excluding carboxylic acids is 2. The van der Waals surface area contributed by atoms with Gasteiger partial charge in [-0.3, -0.25) is 14.5 Å². The fourth-order valence-electron chi connectivity index (χ4n) is 4.88. The Kier molecular flexibility index (Phi) is 7.11. The lowest BCUT2D eigenvalue weighted by molar-refractivity contribution is -0.138. The number of likely N-dealkylation sites (tertiary alicyclic amines) is 1. The van der Waals surface area contributed by atoms with Crippen molar-refractivity contribution >= 4 is 17.8 Å². The normalized spacial score (nSPS) is 20.4. The van der Waals surface area contributed by atoms with Crippen LogP contribution in [0.1, 0.15) is 66.6 Å². The van der Waals surface area contributed by atoms with Crippen LogP contribution in [0.3, 0.4) is 0 Å². The largest absolute Gasteiger partial charge is 0.417 e. The summed E-state index contributed by atoms with van der Waals surface area (Å²) in [5, 5.41) is 0. The van der Waals surface area contributed by atoms with Crippen LogP contribution in [0.4, 0.5) is 13.2 Å². The number of aliphatic imine (C=N–C) groups is 1. The zero-order valence-corrected chi connectivity index (χ0v) is 20.5. The number of benzene rings is 2. The molecule has 2 heterocycles. The molecule has 1 fully saturated rings. The number of rotatable bonds is 7. The molecule has 0 bridgehead atoms. The smallest absolute Gasteiger partial charge is 0.369 e. The van der Waals surface area contributed by atoms with Gasteiger partial charge in [0, 0.05) is 13.1 Å². The zero-order chi connectivity index (χ0) is 26.1. The molecule has 0 spiro atoms. The van der Waals surface area contributed by atoms with E-state index in [1.165, 1.54) is 21.9 Å². The van der Waals surface area contributed by atoms with Crippen LogP contribution in [-0.4, -0.2) is 40.7 Å². The Hall–Kier alpha value is -3.36. The van der Waals surface area contributed by atoms with Crippen molar-refractivity contribution in [2.24, 2.45) is 16.6 Å². The fraction of sp³-hybridized carbons (Fsp3) is 0.444. The lowest BCUT2D eigenvalue weighted by Crippen LogP contribution is -2.42. The van der Waals surface area contributed by atoms with E-state index in [0.717, 1.165) is 30.9 Å². The first-order valence-corrected chi connectivity index (χ1v) is 12.2. The van der Waals surface area contributed by atoms with Crippen LogP contribution in [-0.2, 0) is 23.1 Å². The molecule has 1 atom stereocenters. The molecule has 2 aliphatic rings. The molecule has 2 aromatic carbocycles. The van der Waals surface area contributed by atoms with E-state index in [1.54, 1.807) is 0 Å². The molecule has 2 aromatic rings. The van der Waals surface area contributed by atoms with Gasteiger partial charge in [-0.15, -0.1) is 0 Å². The second-order valence-corrected chi connectivity index (χ2v) is 9.90. The van der Waals surface area contributed by atoms with E-state index in [9.17, 15) is 22.8 Å². The van der Waals surface area contributed by atoms with Crippen LogP contribution in [0.15, 0.2) is 53.5 Å². The van der Waals surface area contributed by atoms with Crippen molar-refractivity contribution in [3.63, 3.8) is 0 Å². The molecular weight excluding hydrogens is 469 g/mol. The Morgan fingerprint density at radius 1 is 1.11 bits per heavy atom. The van der Waals surface area contributed by atoms with Crippen molar-refractivity contribution in [3.8, 4) is 0 Å². The molecular formula is C27H31F3N4O2. The summed E-state index contributed by atoms with van der Waals surface area (Å²) in [6, 6.07) is 12.6. The van der Waals surface area contributed by atoms with Gasteiger partial charge in [0.05, 0.1) is 17.7 Å². The van der Waals surface area contributed by atoms with Gasteiger partial charge in [0.25, 0.3) is 11.8 Å². The first-order chi connectivity index (χ1) is 17.0. The van der Waals surface area contributed by atoms with Crippen LogP contribution in [0.2, 0.25) is 0 Å². The maximum atomic E-state index is 13.8. The van der Waals surface area contributed by atoms with Crippen molar-refractivity contribution < 1.29 is 22.8 Å². The Bertz CT molecular complexity index is 1160. The van der Waals surface area contributed by atoms with Crippen LogP contribution >= 0.6 is 0 Å². The molecule has 0 radical (unpaired) electrons. The lowest BCUT2D eigenvalue weighted by atomic mass is 9.83. The number of hydrogen-bond acceptors (Lipinski definition) is 4. The highest BCUT2D eigenvalue weighted by Gasteiger charge is 2.49. The maximum Gasteiger partial charge on any atom is 0.417 e. The van der Waals surface area contributed by atoms with E-state index < -0.39 is 28.7 Å². The second kappa shape index (κ2) is 9.95. The summed E-state index contributed by atoms with van der Waals surface area (Å²) in [6.45, 7) is 4.90. The number of alkyl halides is 3. The Morgan fingerprint density at radius 3 is 2.39 bits per heavy atom. The second-order valence-electron chi connectivity index (χ2n) is 9.90. The van der Waals surface area contributed by atoms with Gasteiger partial charge < -0.3 is 10.6 Å². The van der Waals surface area contributed by atoms with Gasteiger partial charge in [-0.05, 0) is 54.9 Å². The number of hydrogen-bond donors (Lipinski definition) is 1. The quantitative estimate of drug-likeness (QED) is 0.586. The summed E-state index contributed by atoms with van der Waals surface area (Å²) in [5.41, 5.74) is 4.77. The van der Waals surface area contributed by atoms with Gasteiger partial charge in [-0.2, -0.15) is 13.2 Å². The number of nitrogens with two attached hydrogens (primary N) is 1. The number of amides is 2. The highest BCUT2D eigenvalue weighted by atomic mass is 19.4. The summed E-state index contributed by atoms with van der Waals surface area (Å²) in [6.07, 6.45) is -1.96. The van der Waals surface area contributed by atoms with Gasteiger partial charge in [0.2, 0.25) is 0 Å². The molecule has 0 saturated carbocycles. The summed E-state index contributed by atoms with van der Waals surface area (Å²) in [7, 11) is 0. The molecule has 1 saturated heterocycles. The minimum absolute atomic E-state index is 0.0138. The molecule has 0 aliphatic carbocycles. The van der Waals surface area contributed by atoms with Gasteiger partial charge in [0.1, 0.15) is 0 Å². The van der Waals surface area contributed by atoms with Crippen molar-refractivity contribution in [1.29, 1.82) is 0 Å². The molecule has 6 nitrogen and oxygen atoms in total. The Labute approximate surface area is 209 Å².